The SMILES string of the molecule is O=C(O)CCCCNC(=O)[C@H]1C[C@@H]1C1CC1. The fraction of sp³-hybridized carbons (Fsp3) is 0.833. The molecule has 0 spiro atoms. The molecule has 2 aliphatic rings. The summed E-state index contributed by atoms with van der Waals surface area (Å²) < 4.78 is 0. The third-order valence-electron chi connectivity index (χ3n) is 3.52. The van der Waals surface area contributed by atoms with Crippen LogP contribution in [-0.4, -0.2) is 23.5 Å². The summed E-state index contributed by atoms with van der Waals surface area (Å²) in [4.78, 5) is 21.9. The second-order valence-electron chi connectivity index (χ2n) is 4.99. The molecule has 0 bridgehead atoms. The number of rotatable bonds is 7. The Morgan fingerprint density at radius 3 is 2.62 bits per heavy atom. The zero-order valence-electron chi connectivity index (χ0n) is 9.45. The van der Waals surface area contributed by atoms with Crippen molar-refractivity contribution in [2.24, 2.45) is 17.8 Å². The van der Waals surface area contributed by atoms with E-state index in [2.05, 4.69) is 5.32 Å². The molecule has 2 aliphatic carbocycles. The summed E-state index contributed by atoms with van der Waals surface area (Å²) in [5.74, 6) is 1.20. The number of aliphatic carboxylic acids is 1. The molecule has 0 aromatic heterocycles. The predicted octanol–water partition coefficient (Wildman–Crippen LogP) is 1.40. The zero-order valence-corrected chi connectivity index (χ0v) is 9.45. The molecule has 2 saturated carbocycles. The third kappa shape index (κ3) is 3.22. The topological polar surface area (TPSA) is 66.4 Å². The van der Waals surface area contributed by atoms with Crippen molar-refractivity contribution in [2.45, 2.75) is 38.5 Å². The highest BCUT2D eigenvalue weighted by atomic mass is 16.4. The van der Waals surface area contributed by atoms with Crippen molar-refractivity contribution in [3.8, 4) is 0 Å². The van der Waals surface area contributed by atoms with E-state index in [4.69, 9.17) is 5.11 Å². The fourth-order valence-corrected chi connectivity index (χ4v) is 2.31. The molecule has 0 saturated heterocycles. The van der Waals surface area contributed by atoms with Gasteiger partial charge in [0.2, 0.25) is 5.91 Å². The second-order valence-corrected chi connectivity index (χ2v) is 4.99. The number of unbranched alkanes of at least 4 members (excludes halogenated alkanes) is 1. The van der Waals surface area contributed by atoms with Crippen LogP contribution < -0.4 is 5.32 Å². The van der Waals surface area contributed by atoms with Gasteiger partial charge >= 0.3 is 5.97 Å². The maximum absolute atomic E-state index is 11.6. The van der Waals surface area contributed by atoms with Gasteiger partial charge in [-0.15, -0.1) is 0 Å². The van der Waals surface area contributed by atoms with Gasteiger partial charge in [-0.3, -0.25) is 9.59 Å². The number of nitrogens with one attached hydrogen (secondary N) is 1. The average molecular weight is 225 g/mol. The summed E-state index contributed by atoms with van der Waals surface area (Å²) in [6, 6.07) is 0. The number of carbonyl (C=O) groups excluding carboxylic acids is 1. The highest BCUT2D eigenvalue weighted by Gasteiger charge is 2.50. The summed E-state index contributed by atoms with van der Waals surface area (Å²) in [6.45, 7) is 0.625. The van der Waals surface area contributed by atoms with Crippen molar-refractivity contribution < 1.29 is 14.7 Å². The molecular weight excluding hydrogens is 206 g/mol. The predicted molar refractivity (Wildman–Crippen MR) is 58.8 cm³/mol. The Labute approximate surface area is 95.4 Å². The Kier molecular flexibility index (Phi) is 3.46. The second kappa shape index (κ2) is 4.85. The Hall–Kier alpha value is -1.06. The van der Waals surface area contributed by atoms with Crippen LogP contribution in [0.25, 0.3) is 0 Å². The maximum atomic E-state index is 11.6. The van der Waals surface area contributed by atoms with E-state index in [0.29, 0.717) is 18.9 Å². The van der Waals surface area contributed by atoms with Crippen LogP contribution in [0.3, 0.4) is 0 Å². The van der Waals surface area contributed by atoms with Gasteiger partial charge in [0.25, 0.3) is 0 Å². The van der Waals surface area contributed by atoms with Crippen LogP contribution in [0.1, 0.15) is 38.5 Å². The lowest BCUT2D eigenvalue weighted by molar-refractivity contribution is -0.137. The molecule has 0 aromatic rings. The first-order valence-electron chi connectivity index (χ1n) is 6.18. The molecule has 2 fully saturated rings. The van der Waals surface area contributed by atoms with E-state index in [1.165, 1.54) is 12.8 Å². The molecule has 4 nitrogen and oxygen atoms in total. The molecular formula is C12H19NO3. The van der Waals surface area contributed by atoms with Gasteiger partial charge < -0.3 is 10.4 Å². The smallest absolute Gasteiger partial charge is 0.303 e. The average Bonchev–Trinajstić information content (AvgIpc) is 3.06. The van der Waals surface area contributed by atoms with Crippen LogP contribution in [0.2, 0.25) is 0 Å². The fourth-order valence-electron chi connectivity index (χ4n) is 2.31. The van der Waals surface area contributed by atoms with Crippen molar-refractivity contribution in [1.82, 2.24) is 5.32 Å². The van der Waals surface area contributed by atoms with Crippen molar-refractivity contribution in [3.63, 3.8) is 0 Å². The largest absolute Gasteiger partial charge is 0.481 e. The molecule has 16 heavy (non-hydrogen) atoms. The number of hydrogen-bond acceptors (Lipinski definition) is 2. The molecule has 0 aliphatic heterocycles. The van der Waals surface area contributed by atoms with Gasteiger partial charge in [0.15, 0.2) is 0 Å². The molecule has 0 radical (unpaired) electrons. The van der Waals surface area contributed by atoms with Crippen LogP contribution in [-0.2, 0) is 9.59 Å². The van der Waals surface area contributed by atoms with Gasteiger partial charge in [-0.25, -0.2) is 0 Å². The van der Waals surface area contributed by atoms with E-state index < -0.39 is 5.97 Å². The number of hydrogen-bond donors (Lipinski definition) is 2. The van der Waals surface area contributed by atoms with Gasteiger partial charge in [-0.05, 0) is 43.9 Å². The quantitative estimate of drug-likeness (QED) is 0.644. The summed E-state index contributed by atoms with van der Waals surface area (Å²) >= 11 is 0. The molecule has 1 amide bonds. The van der Waals surface area contributed by atoms with Crippen LogP contribution >= 0.6 is 0 Å². The molecule has 0 heterocycles. The van der Waals surface area contributed by atoms with Gasteiger partial charge in [0.05, 0.1) is 0 Å². The standard InChI is InChI=1S/C12H19NO3/c14-11(15)3-1-2-6-13-12(16)10-7-9(10)8-4-5-8/h8-10H,1-7H2,(H,13,16)(H,14,15)/t9-,10+/m1/s1. The van der Waals surface area contributed by atoms with Gasteiger partial charge in [0.1, 0.15) is 0 Å². The van der Waals surface area contributed by atoms with Crippen molar-refractivity contribution in [1.29, 1.82) is 0 Å². The van der Waals surface area contributed by atoms with Crippen molar-refractivity contribution in [3.05, 3.63) is 0 Å². The summed E-state index contributed by atoms with van der Waals surface area (Å²) in [5.41, 5.74) is 0. The molecule has 2 atom stereocenters. The minimum absolute atomic E-state index is 0.187. The lowest BCUT2D eigenvalue weighted by Crippen LogP contribution is -2.26. The van der Waals surface area contributed by atoms with E-state index in [1.54, 1.807) is 0 Å². The summed E-state index contributed by atoms with van der Waals surface area (Å²) in [7, 11) is 0. The zero-order chi connectivity index (χ0) is 11.5. The van der Waals surface area contributed by atoms with Crippen LogP contribution in [0, 0.1) is 17.8 Å². The Bertz CT molecular complexity index is 286. The first-order valence-corrected chi connectivity index (χ1v) is 6.18. The normalized spacial score (nSPS) is 27.5. The first-order chi connectivity index (χ1) is 7.68. The lowest BCUT2D eigenvalue weighted by atomic mass is 10.2. The van der Waals surface area contributed by atoms with Gasteiger partial charge in [-0.1, -0.05) is 0 Å². The minimum atomic E-state index is -0.762. The molecule has 0 unspecified atom stereocenters. The summed E-state index contributed by atoms with van der Waals surface area (Å²) in [6.07, 6.45) is 5.31. The van der Waals surface area contributed by atoms with E-state index in [0.717, 1.165) is 18.8 Å². The molecule has 2 N–H and O–H groups in total. The Morgan fingerprint density at radius 2 is 2.00 bits per heavy atom. The molecule has 0 aromatic carbocycles. The number of amides is 1. The van der Waals surface area contributed by atoms with Gasteiger partial charge in [0, 0.05) is 18.9 Å². The van der Waals surface area contributed by atoms with Crippen LogP contribution in [0.5, 0.6) is 0 Å². The first kappa shape index (κ1) is 11.4. The molecule has 2 rings (SSSR count). The monoisotopic (exact) mass is 225 g/mol. The van der Waals surface area contributed by atoms with Crippen molar-refractivity contribution >= 4 is 11.9 Å². The van der Waals surface area contributed by atoms with Gasteiger partial charge in [-0.2, -0.15) is 0 Å². The maximum Gasteiger partial charge on any atom is 0.303 e. The highest BCUT2D eigenvalue weighted by Crippen LogP contribution is 2.54. The van der Waals surface area contributed by atoms with Crippen molar-refractivity contribution in [2.75, 3.05) is 6.54 Å². The van der Waals surface area contributed by atoms with E-state index in [1.807, 2.05) is 0 Å². The Balaban J connectivity index is 1.50. The third-order valence-corrected chi connectivity index (χ3v) is 3.52. The number of carbonyl (C=O) groups is 2. The Morgan fingerprint density at radius 1 is 1.25 bits per heavy atom. The number of carboxylic acid groups (broad SMARTS) is 1. The highest BCUT2D eigenvalue weighted by molar-refractivity contribution is 5.81. The lowest BCUT2D eigenvalue weighted by Gasteiger charge is -2.03. The number of carboxylic acids is 1. The van der Waals surface area contributed by atoms with Crippen LogP contribution in [0.4, 0.5) is 0 Å². The van der Waals surface area contributed by atoms with Crippen LogP contribution in [0.15, 0.2) is 0 Å². The van der Waals surface area contributed by atoms with E-state index in [9.17, 15) is 9.59 Å². The molecule has 90 valence electrons. The van der Waals surface area contributed by atoms with E-state index >= 15 is 0 Å². The minimum Gasteiger partial charge on any atom is -0.481 e. The van der Waals surface area contributed by atoms with E-state index in [-0.39, 0.29) is 18.2 Å². The summed E-state index contributed by atoms with van der Waals surface area (Å²) in [5, 5.41) is 11.3. The molecule has 4 heteroatoms.